The molecule has 110 valence electrons. The van der Waals surface area contributed by atoms with Gasteiger partial charge in [-0.2, -0.15) is 0 Å². The monoisotopic (exact) mass is 346 g/mol. The third kappa shape index (κ3) is 4.48. The predicted molar refractivity (Wildman–Crippen MR) is 75.9 cm³/mol. The van der Waals surface area contributed by atoms with Crippen molar-refractivity contribution in [2.75, 3.05) is 31.6 Å². The Morgan fingerprint density at radius 2 is 1.80 bits per heavy atom. The molecule has 0 saturated carbocycles. The van der Waals surface area contributed by atoms with E-state index in [1.54, 1.807) is 0 Å². The molecule has 20 heavy (non-hydrogen) atoms. The van der Waals surface area contributed by atoms with Gasteiger partial charge in [0, 0.05) is 17.6 Å². The average Bonchev–Trinajstić information content (AvgIpc) is 2.40. The Labute approximate surface area is 124 Å². The smallest absolute Gasteiger partial charge is 0.335 e. The van der Waals surface area contributed by atoms with Gasteiger partial charge in [0.2, 0.25) is 0 Å². The second kappa shape index (κ2) is 7.83. The molecule has 0 atom stereocenters. The minimum absolute atomic E-state index is 0.0945. The molecule has 0 aliphatic carbocycles. The maximum Gasteiger partial charge on any atom is 0.335 e. The van der Waals surface area contributed by atoms with Crippen LogP contribution in [0.25, 0.3) is 0 Å². The van der Waals surface area contributed by atoms with Gasteiger partial charge in [0.1, 0.15) is 0 Å². The number of amides is 2. The first-order valence-electron chi connectivity index (χ1n) is 5.80. The Hall–Kier alpha value is -1.64. The lowest BCUT2D eigenvalue weighted by atomic mass is 10.2. The van der Waals surface area contributed by atoms with Crippen molar-refractivity contribution in [2.45, 2.75) is 0 Å². The molecular weight excluding hydrogens is 332 g/mol. The topological polar surface area (TPSA) is 110 Å². The number of halogens is 1. The van der Waals surface area contributed by atoms with Crippen LogP contribution in [0, 0.1) is 0 Å². The molecular formula is C12H15BrN2O5. The first kappa shape index (κ1) is 16.4. The van der Waals surface area contributed by atoms with Gasteiger partial charge in [0.25, 0.3) is 0 Å². The van der Waals surface area contributed by atoms with E-state index in [1.165, 1.54) is 23.1 Å². The number of carboxylic acid groups (broad SMARTS) is 1. The molecule has 1 rings (SSSR count). The van der Waals surface area contributed by atoms with Gasteiger partial charge in [0.05, 0.1) is 24.5 Å². The summed E-state index contributed by atoms with van der Waals surface area (Å²) in [5.74, 6) is -1.06. The molecule has 4 N–H and O–H groups in total. The molecule has 7 nitrogen and oxygen atoms in total. The van der Waals surface area contributed by atoms with Gasteiger partial charge in [-0.25, -0.2) is 9.59 Å². The van der Waals surface area contributed by atoms with Crippen molar-refractivity contribution in [3.63, 3.8) is 0 Å². The Morgan fingerprint density at radius 1 is 1.20 bits per heavy atom. The third-order valence-corrected chi connectivity index (χ3v) is 3.14. The maximum atomic E-state index is 11.9. The predicted octanol–water partition coefficient (Wildman–Crippen LogP) is 0.966. The Balaban J connectivity index is 2.81. The van der Waals surface area contributed by atoms with E-state index in [2.05, 4.69) is 21.2 Å². The first-order valence-corrected chi connectivity index (χ1v) is 6.59. The van der Waals surface area contributed by atoms with Crippen LogP contribution < -0.4 is 5.32 Å². The molecule has 0 radical (unpaired) electrons. The molecule has 0 aliphatic rings. The van der Waals surface area contributed by atoms with E-state index in [4.69, 9.17) is 15.3 Å². The fourth-order valence-electron chi connectivity index (χ4n) is 1.50. The summed E-state index contributed by atoms with van der Waals surface area (Å²) in [7, 11) is 0. The van der Waals surface area contributed by atoms with Crippen molar-refractivity contribution in [1.82, 2.24) is 4.90 Å². The highest BCUT2D eigenvalue weighted by atomic mass is 79.9. The largest absolute Gasteiger partial charge is 0.478 e. The van der Waals surface area contributed by atoms with E-state index in [0.29, 0.717) is 10.2 Å². The highest BCUT2D eigenvalue weighted by Gasteiger charge is 2.14. The maximum absolute atomic E-state index is 11.9. The Morgan fingerprint density at radius 3 is 2.25 bits per heavy atom. The van der Waals surface area contributed by atoms with Crippen LogP contribution in [0.1, 0.15) is 10.4 Å². The molecule has 0 aromatic heterocycles. The van der Waals surface area contributed by atoms with Crippen LogP contribution in [-0.2, 0) is 0 Å². The number of aromatic carboxylic acids is 1. The van der Waals surface area contributed by atoms with Gasteiger partial charge < -0.3 is 25.5 Å². The van der Waals surface area contributed by atoms with Gasteiger partial charge in [-0.15, -0.1) is 0 Å². The summed E-state index contributed by atoms with van der Waals surface area (Å²) in [6.07, 6.45) is 0. The quantitative estimate of drug-likeness (QED) is 0.613. The van der Waals surface area contributed by atoms with Crippen LogP contribution in [-0.4, -0.2) is 58.5 Å². The van der Waals surface area contributed by atoms with Crippen molar-refractivity contribution >= 4 is 33.6 Å². The molecule has 0 spiro atoms. The number of urea groups is 1. The number of aliphatic hydroxyl groups excluding tert-OH is 2. The standard InChI is InChI=1S/C12H15BrN2O5/c13-9-7-8(11(18)19)1-2-10(9)14-12(20)15(3-5-16)4-6-17/h1-2,7,16-17H,3-6H2,(H,14,20)(H,18,19). The van der Waals surface area contributed by atoms with Crippen LogP contribution in [0.5, 0.6) is 0 Å². The summed E-state index contributed by atoms with van der Waals surface area (Å²) >= 11 is 3.18. The molecule has 0 unspecified atom stereocenters. The molecule has 1 aromatic carbocycles. The lowest BCUT2D eigenvalue weighted by molar-refractivity contribution is 0.0697. The van der Waals surface area contributed by atoms with Crippen molar-refractivity contribution in [2.24, 2.45) is 0 Å². The highest BCUT2D eigenvalue weighted by molar-refractivity contribution is 9.10. The zero-order valence-electron chi connectivity index (χ0n) is 10.5. The van der Waals surface area contributed by atoms with E-state index in [1.807, 2.05) is 0 Å². The van der Waals surface area contributed by atoms with Crippen LogP contribution in [0.4, 0.5) is 10.5 Å². The molecule has 8 heteroatoms. The Bertz CT molecular complexity index is 489. The summed E-state index contributed by atoms with van der Waals surface area (Å²) in [5, 5.41) is 29.1. The van der Waals surface area contributed by atoms with E-state index >= 15 is 0 Å². The van der Waals surface area contributed by atoms with Gasteiger partial charge in [-0.3, -0.25) is 0 Å². The van der Waals surface area contributed by atoms with Crippen LogP contribution in [0.15, 0.2) is 22.7 Å². The van der Waals surface area contributed by atoms with Crippen molar-refractivity contribution in [3.8, 4) is 0 Å². The molecule has 0 fully saturated rings. The number of aliphatic hydroxyl groups is 2. The summed E-state index contributed by atoms with van der Waals surface area (Å²) in [6.45, 7) is -0.243. The fourth-order valence-corrected chi connectivity index (χ4v) is 1.98. The lowest BCUT2D eigenvalue weighted by Gasteiger charge is -2.21. The molecule has 1 aromatic rings. The van der Waals surface area contributed by atoms with Crippen molar-refractivity contribution < 1.29 is 24.9 Å². The zero-order valence-corrected chi connectivity index (χ0v) is 12.1. The zero-order chi connectivity index (χ0) is 15.1. The number of carbonyl (C=O) groups is 2. The van der Waals surface area contributed by atoms with Crippen LogP contribution >= 0.6 is 15.9 Å². The number of hydrogen-bond donors (Lipinski definition) is 4. The number of rotatable bonds is 6. The van der Waals surface area contributed by atoms with E-state index in [0.717, 1.165) is 0 Å². The SMILES string of the molecule is O=C(O)c1ccc(NC(=O)N(CCO)CCO)c(Br)c1. The normalized spacial score (nSPS) is 10.2. The van der Waals surface area contributed by atoms with Crippen molar-refractivity contribution in [1.29, 1.82) is 0 Å². The fraction of sp³-hybridized carbons (Fsp3) is 0.333. The van der Waals surface area contributed by atoms with E-state index < -0.39 is 12.0 Å². The minimum Gasteiger partial charge on any atom is -0.478 e. The molecule has 0 saturated heterocycles. The number of hydrogen-bond acceptors (Lipinski definition) is 4. The Kier molecular flexibility index (Phi) is 6.43. The van der Waals surface area contributed by atoms with Gasteiger partial charge in [0.15, 0.2) is 0 Å². The minimum atomic E-state index is -1.06. The van der Waals surface area contributed by atoms with Gasteiger partial charge >= 0.3 is 12.0 Å². The lowest BCUT2D eigenvalue weighted by Crippen LogP contribution is -2.39. The van der Waals surface area contributed by atoms with E-state index in [9.17, 15) is 9.59 Å². The molecule has 0 aliphatic heterocycles. The van der Waals surface area contributed by atoms with Crippen molar-refractivity contribution in [3.05, 3.63) is 28.2 Å². The number of anilines is 1. The number of nitrogens with one attached hydrogen (secondary N) is 1. The third-order valence-electron chi connectivity index (χ3n) is 2.48. The van der Waals surface area contributed by atoms with E-state index in [-0.39, 0.29) is 31.9 Å². The molecule has 2 amide bonds. The van der Waals surface area contributed by atoms with Gasteiger partial charge in [-0.1, -0.05) is 0 Å². The number of carbonyl (C=O) groups excluding carboxylic acids is 1. The summed E-state index contributed by atoms with van der Waals surface area (Å²) < 4.78 is 0.429. The summed E-state index contributed by atoms with van der Waals surface area (Å²) in [6, 6.07) is 3.71. The second-order valence-corrected chi connectivity index (χ2v) is 4.72. The number of benzene rings is 1. The number of carboxylic acids is 1. The molecule has 0 heterocycles. The summed E-state index contributed by atoms with van der Waals surface area (Å²) in [5.41, 5.74) is 0.498. The first-order chi connectivity index (χ1) is 9.49. The second-order valence-electron chi connectivity index (χ2n) is 3.86. The highest BCUT2D eigenvalue weighted by Crippen LogP contribution is 2.24. The van der Waals surface area contributed by atoms with Gasteiger partial charge in [-0.05, 0) is 34.1 Å². The van der Waals surface area contributed by atoms with Crippen LogP contribution in [0.3, 0.4) is 0 Å². The molecule has 0 bridgehead atoms. The van der Waals surface area contributed by atoms with Crippen LogP contribution in [0.2, 0.25) is 0 Å². The number of nitrogens with zero attached hydrogens (tertiary/aromatic N) is 1. The summed E-state index contributed by atoms with van der Waals surface area (Å²) in [4.78, 5) is 24.0. The average molecular weight is 347 g/mol.